The van der Waals surface area contributed by atoms with Crippen LogP contribution in [0.15, 0.2) is 48.5 Å². The number of hydrogen-bond donors (Lipinski definition) is 2. The number of carbonyl (C=O) groups is 3. The first-order valence-electron chi connectivity index (χ1n) is 16.2. The van der Waals surface area contributed by atoms with E-state index in [0.717, 1.165) is 31.4 Å². The number of ether oxygens (including phenoxy) is 2. The van der Waals surface area contributed by atoms with Gasteiger partial charge in [0.15, 0.2) is 0 Å². The van der Waals surface area contributed by atoms with Gasteiger partial charge in [0.1, 0.15) is 5.60 Å². The predicted molar refractivity (Wildman–Crippen MR) is 179 cm³/mol. The number of nitrogens with zero attached hydrogens (tertiary/aromatic N) is 2. The Morgan fingerprint density at radius 3 is 2.49 bits per heavy atom. The van der Waals surface area contributed by atoms with Crippen molar-refractivity contribution in [1.82, 2.24) is 14.8 Å². The maximum absolute atomic E-state index is 13.9. The highest BCUT2D eigenvalue weighted by Gasteiger charge is 2.31. The molecule has 45 heavy (non-hydrogen) atoms. The second kappa shape index (κ2) is 15.4. The normalized spacial score (nSPS) is 16.0. The van der Waals surface area contributed by atoms with Crippen LogP contribution in [0.4, 0.5) is 10.5 Å². The maximum atomic E-state index is 13.9. The Morgan fingerprint density at radius 1 is 1.07 bits per heavy atom. The molecule has 9 nitrogen and oxygen atoms in total. The van der Waals surface area contributed by atoms with Crippen LogP contribution in [0.25, 0.3) is 10.9 Å². The van der Waals surface area contributed by atoms with Crippen LogP contribution in [-0.4, -0.2) is 65.8 Å². The van der Waals surface area contributed by atoms with Crippen molar-refractivity contribution in [2.75, 3.05) is 32.1 Å². The van der Waals surface area contributed by atoms with Gasteiger partial charge in [-0.05, 0) is 82.7 Å². The number of piperidine rings is 1. The summed E-state index contributed by atoms with van der Waals surface area (Å²) < 4.78 is 13.3. The average molecular weight is 619 g/mol. The van der Waals surface area contributed by atoms with Gasteiger partial charge in [0.2, 0.25) is 11.8 Å². The molecule has 2 heterocycles. The third-order valence-electron chi connectivity index (χ3n) is 8.35. The van der Waals surface area contributed by atoms with E-state index in [4.69, 9.17) is 9.47 Å². The Labute approximate surface area is 267 Å². The van der Waals surface area contributed by atoms with E-state index in [1.165, 1.54) is 22.2 Å². The summed E-state index contributed by atoms with van der Waals surface area (Å²) in [6, 6.07) is 15.6. The zero-order valence-electron chi connectivity index (χ0n) is 27.8. The van der Waals surface area contributed by atoms with Crippen LogP contribution < -0.4 is 10.6 Å². The molecule has 0 saturated carbocycles. The molecule has 3 amide bonds. The number of nitrogens with one attached hydrogen (secondary N) is 2. The number of alkyl carbamates (subject to hydrolysis) is 1. The van der Waals surface area contributed by atoms with E-state index in [1.807, 2.05) is 56.9 Å². The molecule has 0 spiro atoms. The molecule has 244 valence electrons. The zero-order valence-corrected chi connectivity index (χ0v) is 27.8. The number of aryl methyl sites for hydroxylation is 2. The fourth-order valence-corrected chi connectivity index (χ4v) is 6.30. The number of benzene rings is 2. The molecule has 2 unspecified atom stereocenters. The lowest BCUT2D eigenvalue weighted by Crippen LogP contribution is -2.46. The highest BCUT2D eigenvalue weighted by atomic mass is 16.6. The molecule has 1 saturated heterocycles. The van der Waals surface area contributed by atoms with E-state index in [2.05, 4.69) is 46.4 Å². The number of anilines is 1. The van der Waals surface area contributed by atoms with Crippen LogP contribution in [0.1, 0.15) is 82.5 Å². The molecule has 2 N–H and O–H groups in total. The molecule has 0 bridgehead atoms. The first-order chi connectivity index (χ1) is 21.5. The van der Waals surface area contributed by atoms with E-state index in [9.17, 15) is 14.4 Å². The SMILES string of the molecule is CCC(=O)Nc1ccc(CC(CC(=O)N2CCCC(c3c(C)c4ccccc4n3CCCOC)C2)NC(=O)OC(C)(C)C)cc1. The number of para-hydroxylation sites is 1. The van der Waals surface area contributed by atoms with Crippen LogP contribution in [0, 0.1) is 6.92 Å². The largest absolute Gasteiger partial charge is 0.444 e. The Hall–Kier alpha value is -3.85. The van der Waals surface area contributed by atoms with Gasteiger partial charge in [-0.3, -0.25) is 9.59 Å². The van der Waals surface area contributed by atoms with Crippen molar-refractivity contribution in [3.8, 4) is 0 Å². The Balaban J connectivity index is 1.51. The van der Waals surface area contributed by atoms with Gasteiger partial charge in [0.25, 0.3) is 0 Å². The van der Waals surface area contributed by atoms with Crippen LogP contribution in [-0.2, 0) is 32.0 Å². The van der Waals surface area contributed by atoms with Crippen LogP contribution >= 0.6 is 0 Å². The molecule has 1 aliphatic rings. The molecule has 0 radical (unpaired) electrons. The smallest absolute Gasteiger partial charge is 0.407 e. The second-order valence-electron chi connectivity index (χ2n) is 13.1. The van der Waals surface area contributed by atoms with Gasteiger partial charge in [-0.1, -0.05) is 37.3 Å². The summed E-state index contributed by atoms with van der Waals surface area (Å²) in [6.07, 6.45) is 3.34. The number of carbonyl (C=O) groups excluding carboxylic acids is 3. The summed E-state index contributed by atoms with van der Waals surface area (Å²) in [5, 5.41) is 7.08. The van der Waals surface area contributed by atoms with Crippen molar-refractivity contribution >= 4 is 34.5 Å². The van der Waals surface area contributed by atoms with Gasteiger partial charge < -0.3 is 29.6 Å². The Morgan fingerprint density at radius 2 is 1.80 bits per heavy atom. The number of methoxy groups -OCH3 is 1. The molecule has 1 aromatic heterocycles. The highest BCUT2D eigenvalue weighted by Crippen LogP contribution is 2.36. The van der Waals surface area contributed by atoms with Crippen molar-refractivity contribution in [2.45, 2.75) is 97.2 Å². The fraction of sp³-hybridized carbons (Fsp3) is 0.528. The van der Waals surface area contributed by atoms with E-state index in [1.54, 1.807) is 7.11 Å². The standard InChI is InChI=1S/C36H50N4O5/c1-7-32(41)37-28-17-15-26(16-18-28)22-29(38-35(43)45-36(3,4)5)23-33(42)39-19-10-12-27(24-39)34-25(2)30-13-8-9-14-31(30)40(34)20-11-21-44-6/h8-9,13-18,27,29H,7,10-12,19-24H2,1-6H3,(H,37,41)(H,38,43). The number of hydrogen-bond acceptors (Lipinski definition) is 5. The monoisotopic (exact) mass is 618 g/mol. The average Bonchev–Trinajstić information content (AvgIpc) is 3.28. The van der Waals surface area contributed by atoms with Gasteiger partial charge in [-0.15, -0.1) is 0 Å². The van der Waals surface area contributed by atoms with Crippen LogP contribution in [0.3, 0.4) is 0 Å². The maximum Gasteiger partial charge on any atom is 0.407 e. The lowest BCUT2D eigenvalue weighted by atomic mass is 9.91. The number of aromatic nitrogens is 1. The molecular formula is C36H50N4O5. The predicted octanol–water partition coefficient (Wildman–Crippen LogP) is 6.57. The van der Waals surface area contributed by atoms with Crippen molar-refractivity contribution in [2.24, 2.45) is 0 Å². The second-order valence-corrected chi connectivity index (χ2v) is 13.1. The highest BCUT2D eigenvalue weighted by molar-refractivity contribution is 5.90. The summed E-state index contributed by atoms with van der Waals surface area (Å²) in [5.74, 6) is 0.191. The third kappa shape index (κ3) is 9.33. The summed E-state index contributed by atoms with van der Waals surface area (Å²) in [4.78, 5) is 40.4. The van der Waals surface area contributed by atoms with Gasteiger partial charge in [0, 0.05) is 80.4 Å². The van der Waals surface area contributed by atoms with Crippen molar-refractivity contribution < 1.29 is 23.9 Å². The topological polar surface area (TPSA) is 102 Å². The molecule has 1 fully saturated rings. The van der Waals surface area contributed by atoms with Crippen molar-refractivity contribution in [3.63, 3.8) is 0 Å². The number of fused-ring (bicyclic) bond motifs is 1. The van der Waals surface area contributed by atoms with Crippen molar-refractivity contribution in [1.29, 1.82) is 0 Å². The van der Waals surface area contributed by atoms with Gasteiger partial charge in [-0.25, -0.2) is 4.79 Å². The number of rotatable bonds is 12. The van der Waals surface area contributed by atoms with E-state index >= 15 is 0 Å². The molecule has 1 aliphatic heterocycles. The molecule has 9 heteroatoms. The summed E-state index contributed by atoms with van der Waals surface area (Å²) in [7, 11) is 1.73. The van der Waals surface area contributed by atoms with Crippen molar-refractivity contribution in [3.05, 3.63) is 65.4 Å². The summed E-state index contributed by atoms with van der Waals surface area (Å²) in [6.45, 7) is 12.4. The third-order valence-corrected chi connectivity index (χ3v) is 8.35. The Bertz CT molecular complexity index is 1460. The van der Waals surface area contributed by atoms with E-state index in [-0.39, 0.29) is 24.2 Å². The summed E-state index contributed by atoms with van der Waals surface area (Å²) in [5.41, 5.74) is 4.83. The molecule has 0 aliphatic carbocycles. The first kappa shape index (κ1) is 34.0. The Kier molecular flexibility index (Phi) is 11.7. The lowest BCUT2D eigenvalue weighted by molar-refractivity contribution is -0.133. The van der Waals surface area contributed by atoms with E-state index < -0.39 is 17.7 Å². The molecule has 3 aromatic rings. The minimum Gasteiger partial charge on any atom is -0.444 e. The lowest BCUT2D eigenvalue weighted by Gasteiger charge is -2.35. The molecule has 4 rings (SSSR count). The molecule has 2 aromatic carbocycles. The number of likely N-dealkylation sites (tertiary alicyclic amines) is 1. The van der Waals surface area contributed by atoms with Crippen LogP contribution in [0.2, 0.25) is 0 Å². The number of amides is 3. The molecule has 2 atom stereocenters. The summed E-state index contributed by atoms with van der Waals surface area (Å²) >= 11 is 0. The minimum absolute atomic E-state index is 0.0206. The minimum atomic E-state index is -0.655. The van der Waals surface area contributed by atoms with Gasteiger partial charge >= 0.3 is 6.09 Å². The fourth-order valence-electron chi connectivity index (χ4n) is 6.30. The quantitative estimate of drug-likeness (QED) is 0.224. The van der Waals surface area contributed by atoms with E-state index in [0.29, 0.717) is 38.2 Å². The zero-order chi connectivity index (χ0) is 32.6. The van der Waals surface area contributed by atoms with Gasteiger partial charge in [-0.2, -0.15) is 0 Å². The van der Waals surface area contributed by atoms with Crippen LogP contribution in [0.5, 0.6) is 0 Å². The molecular weight excluding hydrogens is 568 g/mol. The first-order valence-corrected chi connectivity index (χ1v) is 16.2. The van der Waals surface area contributed by atoms with Gasteiger partial charge in [0.05, 0.1) is 0 Å².